The average Bonchev–Trinajstić information content (AvgIpc) is 3.00. The van der Waals surface area contributed by atoms with Gasteiger partial charge in [0.25, 0.3) is 11.7 Å². The van der Waals surface area contributed by atoms with Gasteiger partial charge in [-0.05, 0) is 50.1 Å². The van der Waals surface area contributed by atoms with Crippen LogP contribution in [0.5, 0.6) is 11.5 Å². The molecule has 3 N–H and O–H groups in total. The first-order valence-electron chi connectivity index (χ1n) is 10.8. The zero-order valence-corrected chi connectivity index (χ0v) is 19.2. The number of Topliss-reactive ketones (excluding diaryl/α,β-unsaturated/α-hetero) is 1. The number of amides is 1. The fourth-order valence-corrected chi connectivity index (χ4v) is 3.91. The van der Waals surface area contributed by atoms with Gasteiger partial charge < -0.3 is 24.7 Å². The van der Waals surface area contributed by atoms with E-state index in [0.717, 1.165) is 16.0 Å². The first kappa shape index (κ1) is 23.3. The van der Waals surface area contributed by atoms with Gasteiger partial charge in [-0.1, -0.05) is 23.8 Å². The molecular weight excluding hydrogens is 408 g/mol. The second-order valence-electron chi connectivity index (χ2n) is 8.43. The van der Waals surface area contributed by atoms with E-state index in [1.54, 1.807) is 19.1 Å². The molecule has 0 aliphatic carbocycles. The Labute approximate surface area is 188 Å². The predicted molar refractivity (Wildman–Crippen MR) is 122 cm³/mol. The number of aromatic hydroxyl groups is 1. The van der Waals surface area contributed by atoms with Gasteiger partial charge in [0.15, 0.2) is 11.5 Å². The number of carbonyl (C=O) groups is 2. The summed E-state index contributed by atoms with van der Waals surface area (Å²) in [5.74, 6) is -1.32. The topological polar surface area (TPSA) is 91.5 Å². The van der Waals surface area contributed by atoms with Crippen LogP contribution in [-0.4, -0.2) is 60.6 Å². The number of ether oxygens (including phenoxy) is 1. The van der Waals surface area contributed by atoms with E-state index in [2.05, 4.69) is 0 Å². The molecule has 2 aromatic rings. The van der Waals surface area contributed by atoms with E-state index in [4.69, 9.17) is 4.74 Å². The normalized spacial score (nSPS) is 17.9. The molecule has 1 heterocycles. The van der Waals surface area contributed by atoms with Crippen molar-refractivity contribution in [1.29, 1.82) is 0 Å². The van der Waals surface area contributed by atoms with E-state index < -0.39 is 17.7 Å². The number of hydrogen-bond donors (Lipinski definition) is 3. The third-order valence-corrected chi connectivity index (χ3v) is 5.64. The highest BCUT2D eigenvalue weighted by Gasteiger charge is 2.46. The molecule has 0 unspecified atom stereocenters. The predicted octanol–water partition coefficient (Wildman–Crippen LogP) is 1.97. The Hall–Kier alpha value is -3.32. The minimum atomic E-state index is -0.783. The maximum atomic E-state index is 13.1. The molecule has 0 saturated carbocycles. The molecule has 1 saturated heterocycles. The second-order valence-corrected chi connectivity index (χ2v) is 8.43. The van der Waals surface area contributed by atoms with Crippen LogP contribution in [0.4, 0.5) is 0 Å². The monoisotopic (exact) mass is 439 g/mol. The lowest BCUT2D eigenvalue weighted by molar-refractivity contribution is -0.857. The molecule has 1 fully saturated rings. The van der Waals surface area contributed by atoms with Gasteiger partial charge in [-0.15, -0.1) is 0 Å². The summed E-state index contributed by atoms with van der Waals surface area (Å²) in [7, 11) is 3.94. The first-order chi connectivity index (χ1) is 15.1. The van der Waals surface area contributed by atoms with Crippen molar-refractivity contribution in [2.75, 3.05) is 33.8 Å². The largest absolute Gasteiger partial charge is 0.507 e. The lowest BCUT2D eigenvalue weighted by Crippen LogP contribution is -3.06. The number of phenols is 1. The van der Waals surface area contributed by atoms with Crippen molar-refractivity contribution < 1.29 is 29.4 Å². The van der Waals surface area contributed by atoms with Crippen molar-refractivity contribution in [2.24, 2.45) is 0 Å². The van der Waals surface area contributed by atoms with Crippen LogP contribution in [0.2, 0.25) is 0 Å². The third-order valence-electron chi connectivity index (χ3n) is 5.64. The van der Waals surface area contributed by atoms with Gasteiger partial charge in [-0.3, -0.25) is 9.59 Å². The summed E-state index contributed by atoms with van der Waals surface area (Å²) in [4.78, 5) is 28.8. The van der Waals surface area contributed by atoms with Gasteiger partial charge in [0.05, 0.1) is 45.4 Å². The molecule has 2 aromatic carbocycles. The number of ketones is 1. The number of quaternary nitrogens is 1. The van der Waals surface area contributed by atoms with Gasteiger partial charge in [-0.2, -0.15) is 0 Å². The van der Waals surface area contributed by atoms with E-state index in [0.29, 0.717) is 30.8 Å². The van der Waals surface area contributed by atoms with Crippen LogP contribution in [0.25, 0.3) is 5.76 Å². The minimum Gasteiger partial charge on any atom is -0.507 e. The molecule has 170 valence electrons. The molecular formula is C25H31N2O5+. The average molecular weight is 440 g/mol. The van der Waals surface area contributed by atoms with Crippen LogP contribution in [0, 0.1) is 13.8 Å². The Morgan fingerprint density at radius 3 is 2.50 bits per heavy atom. The van der Waals surface area contributed by atoms with Gasteiger partial charge in [-0.25, -0.2) is 0 Å². The SMILES string of the molecule is CCOc1cc([C@H]2/C(=C(/O)c3cc(C)ccc3C)C(=O)C(=O)N2CC[NH+](C)C)ccc1O. The Balaban J connectivity index is 2.22. The van der Waals surface area contributed by atoms with E-state index in [1.165, 1.54) is 11.0 Å². The third kappa shape index (κ3) is 4.48. The van der Waals surface area contributed by atoms with Crippen molar-refractivity contribution in [2.45, 2.75) is 26.8 Å². The summed E-state index contributed by atoms with van der Waals surface area (Å²) in [5, 5.41) is 21.4. The zero-order valence-electron chi connectivity index (χ0n) is 19.2. The number of likely N-dealkylation sites (N-methyl/N-ethyl adjacent to an activating group) is 1. The Bertz CT molecular complexity index is 1070. The first-order valence-corrected chi connectivity index (χ1v) is 10.8. The standard InChI is InChI=1S/C25H30N2O5/c1-6-32-20-14-17(9-10-19(20)28)22-21(23(29)18-13-15(2)7-8-16(18)3)24(30)25(31)27(22)12-11-26(4)5/h7-10,13-14,22,28-29H,6,11-12H2,1-5H3/p+1/b23-21-/t22-/m0/s1. The molecule has 3 rings (SSSR count). The number of aliphatic hydroxyl groups excluding tert-OH is 1. The summed E-state index contributed by atoms with van der Waals surface area (Å²) in [6.45, 7) is 6.88. The molecule has 32 heavy (non-hydrogen) atoms. The number of aliphatic hydroxyl groups is 1. The molecule has 0 bridgehead atoms. The number of aryl methyl sites for hydroxylation is 2. The summed E-state index contributed by atoms with van der Waals surface area (Å²) in [6, 6.07) is 9.59. The number of benzene rings is 2. The Morgan fingerprint density at radius 1 is 1.12 bits per heavy atom. The Morgan fingerprint density at radius 2 is 1.84 bits per heavy atom. The Kier molecular flexibility index (Phi) is 6.89. The summed E-state index contributed by atoms with van der Waals surface area (Å²) < 4.78 is 5.52. The molecule has 1 atom stereocenters. The van der Waals surface area contributed by atoms with Crippen LogP contribution in [0.1, 0.15) is 35.2 Å². The number of hydrogen-bond acceptors (Lipinski definition) is 5. The van der Waals surface area contributed by atoms with Gasteiger partial charge in [0.1, 0.15) is 5.76 Å². The lowest BCUT2D eigenvalue weighted by Gasteiger charge is -2.26. The van der Waals surface area contributed by atoms with Crippen LogP contribution < -0.4 is 9.64 Å². The fourth-order valence-electron chi connectivity index (χ4n) is 3.91. The molecule has 1 amide bonds. The van der Waals surface area contributed by atoms with E-state index in [1.807, 2.05) is 46.1 Å². The molecule has 1 aliphatic heterocycles. The number of nitrogens with zero attached hydrogens (tertiary/aromatic N) is 1. The van der Waals surface area contributed by atoms with Crippen molar-refractivity contribution in [3.8, 4) is 11.5 Å². The summed E-state index contributed by atoms with van der Waals surface area (Å²) in [6.07, 6.45) is 0. The number of nitrogens with one attached hydrogen (secondary N) is 1. The van der Waals surface area contributed by atoms with Crippen molar-refractivity contribution in [3.05, 3.63) is 64.2 Å². The van der Waals surface area contributed by atoms with E-state index in [9.17, 15) is 19.8 Å². The molecule has 7 heteroatoms. The fraction of sp³-hybridized carbons (Fsp3) is 0.360. The van der Waals surface area contributed by atoms with Crippen molar-refractivity contribution in [1.82, 2.24) is 4.90 Å². The van der Waals surface area contributed by atoms with Crippen LogP contribution in [0.3, 0.4) is 0 Å². The molecule has 0 aromatic heterocycles. The maximum Gasteiger partial charge on any atom is 0.295 e. The minimum absolute atomic E-state index is 0.0279. The van der Waals surface area contributed by atoms with Gasteiger partial charge in [0, 0.05) is 5.56 Å². The quantitative estimate of drug-likeness (QED) is 0.349. The number of carbonyl (C=O) groups excluding carboxylic acids is 2. The molecule has 1 aliphatic rings. The molecule has 7 nitrogen and oxygen atoms in total. The highest BCUT2D eigenvalue weighted by Crippen LogP contribution is 2.42. The van der Waals surface area contributed by atoms with Gasteiger partial charge >= 0.3 is 0 Å². The molecule has 0 radical (unpaired) electrons. The summed E-state index contributed by atoms with van der Waals surface area (Å²) in [5.41, 5.74) is 2.89. The summed E-state index contributed by atoms with van der Waals surface area (Å²) >= 11 is 0. The smallest absolute Gasteiger partial charge is 0.295 e. The lowest BCUT2D eigenvalue weighted by atomic mass is 9.93. The van der Waals surface area contributed by atoms with Crippen LogP contribution in [0.15, 0.2) is 42.0 Å². The number of likely N-dealkylation sites (tertiary alicyclic amines) is 1. The highest BCUT2D eigenvalue weighted by atomic mass is 16.5. The zero-order chi connectivity index (χ0) is 23.6. The maximum absolute atomic E-state index is 13.1. The number of phenolic OH excluding ortho intramolecular Hbond substituents is 1. The second kappa shape index (κ2) is 9.44. The van der Waals surface area contributed by atoms with E-state index in [-0.39, 0.29) is 22.8 Å². The molecule has 0 spiro atoms. The highest BCUT2D eigenvalue weighted by molar-refractivity contribution is 6.46. The van der Waals surface area contributed by atoms with Gasteiger partial charge in [0.2, 0.25) is 0 Å². The van der Waals surface area contributed by atoms with E-state index >= 15 is 0 Å². The van der Waals surface area contributed by atoms with Crippen molar-refractivity contribution in [3.63, 3.8) is 0 Å². The van der Waals surface area contributed by atoms with Crippen LogP contribution in [-0.2, 0) is 9.59 Å². The number of rotatable bonds is 7. The van der Waals surface area contributed by atoms with Crippen LogP contribution >= 0.6 is 0 Å². The van der Waals surface area contributed by atoms with Crippen molar-refractivity contribution >= 4 is 17.4 Å².